The van der Waals surface area contributed by atoms with Gasteiger partial charge in [0, 0.05) is 13.1 Å². The minimum atomic E-state index is -0.467. The van der Waals surface area contributed by atoms with Gasteiger partial charge in [0.25, 0.3) is 5.91 Å². The van der Waals surface area contributed by atoms with Gasteiger partial charge in [-0.05, 0) is 38.8 Å². The number of carbonyl (C=O) groups excluding carboxylic acids is 1. The van der Waals surface area contributed by atoms with Gasteiger partial charge in [0.2, 0.25) is 0 Å². The van der Waals surface area contributed by atoms with Gasteiger partial charge in [-0.2, -0.15) is 0 Å². The molecule has 0 aromatic heterocycles. The molecule has 1 aromatic carbocycles. The van der Waals surface area contributed by atoms with Crippen molar-refractivity contribution in [1.82, 2.24) is 4.90 Å². The zero-order valence-electron chi connectivity index (χ0n) is 12.1. The molecule has 0 N–H and O–H groups in total. The standard InChI is InChI=1S/C16H23NO2/c1-5-10-14-11-8-9-12-15(14)19-13(4)16(18)17(6-2)7-3/h5,8-9,11-13H,1,6-7,10H2,2-4H3. The predicted octanol–water partition coefficient (Wildman–Crippen LogP) is 3.05. The van der Waals surface area contributed by atoms with E-state index in [2.05, 4.69) is 6.58 Å². The van der Waals surface area contributed by atoms with Crippen molar-refractivity contribution in [2.24, 2.45) is 0 Å². The van der Waals surface area contributed by atoms with E-state index >= 15 is 0 Å². The zero-order valence-corrected chi connectivity index (χ0v) is 12.1. The van der Waals surface area contributed by atoms with Crippen LogP contribution < -0.4 is 4.74 Å². The first kappa shape index (κ1) is 15.3. The molecule has 0 spiro atoms. The van der Waals surface area contributed by atoms with E-state index in [4.69, 9.17) is 4.74 Å². The third kappa shape index (κ3) is 4.12. The highest BCUT2D eigenvalue weighted by atomic mass is 16.5. The Kier molecular flexibility index (Phi) is 6.13. The van der Waals surface area contributed by atoms with Crippen LogP contribution in [0.15, 0.2) is 36.9 Å². The van der Waals surface area contributed by atoms with Gasteiger partial charge in [0.05, 0.1) is 0 Å². The second-order valence-corrected chi connectivity index (χ2v) is 4.37. The van der Waals surface area contributed by atoms with Gasteiger partial charge in [0.1, 0.15) is 5.75 Å². The third-order valence-corrected chi connectivity index (χ3v) is 3.06. The largest absolute Gasteiger partial charge is 0.481 e. The Morgan fingerprint density at radius 1 is 1.37 bits per heavy atom. The van der Waals surface area contributed by atoms with Crippen LogP contribution in [-0.2, 0) is 11.2 Å². The number of para-hydroxylation sites is 1. The smallest absolute Gasteiger partial charge is 0.263 e. The summed E-state index contributed by atoms with van der Waals surface area (Å²) >= 11 is 0. The number of hydrogen-bond donors (Lipinski definition) is 0. The number of allylic oxidation sites excluding steroid dienone is 1. The summed E-state index contributed by atoms with van der Waals surface area (Å²) in [5, 5.41) is 0. The van der Waals surface area contributed by atoms with Crippen LogP contribution in [0.4, 0.5) is 0 Å². The summed E-state index contributed by atoms with van der Waals surface area (Å²) in [6, 6.07) is 7.76. The summed E-state index contributed by atoms with van der Waals surface area (Å²) in [6.07, 6.45) is 2.10. The molecule has 0 bridgehead atoms. The molecule has 1 atom stereocenters. The van der Waals surface area contributed by atoms with Crippen LogP contribution in [-0.4, -0.2) is 30.0 Å². The molecular weight excluding hydrogens is 238 g/mol. The van der Waals surface area contributed by atoms with Gasteiger partial charge < -0.3 is 9.64 Å². The van der Waals surface area contributed by atoms with Crippen LogP contribution in [0.25, 0.3) is 0 Å². The highest BCUT2D eigenvalue weighted by Crippen LogP contribution is 2.20. The quantitative estimate of drug-likeness (QED) is 0.706. The molecule has 1 rings (SSSR count). The minimum absolute atomic E-state index is 0.0263. The molecule has 0 aliphatic heterocycles. The summed E-state index contributed by atoms with van der Waals surface area (Å²) in [6.45, 7) is 10.9. The molecule has 104 valence electrons. The number of nitrogens with zero attached hydrogens (tertiary/aromatic N) is 1. The van der Waals surface area contributed by atoms with Crippen LogP contribution in [0.1, 0.15) is 26.3 Å². The van der Waals surface area contributed by atoms with E-state index in [1.807, 2.05) is 44.2 Å². The highest BCUT2D eigenvalue weighted by molar-refractivity contribution is 5.80. The van der Waals surface area contributed by atoms with Gasteiger partial charge in [-0.15, -0.1) is 6.58 Å². The fourth-order valence-electron chi connectivity index (χ4n) is 1.98. The second-order valence-electron chi connectivity index (χ2n) is 4.37. The van der Waals surface area contributed by atoms with Crippen LogP contribution in [0, 0.1) is 0 Å². The fourth-order valence-corrected chi connectivity index (χ4v) is 1.98. The molecule has 3 heteroatoms. The number of likely N-dealkylation sites (N-methyl/N-ethyl adjacent to an activating group) is 1. The first-order valence-electron chi connectivity index (χ1n) is 6.78. The Bertz CT molecular complexity index is 425. The molecule has 0 heterocycles. The van der Waals surface area contributed by atoms with Crippen molar-refractivity contribution >= 4 is 5.91 Å². The summed E-state index contributed by atoms with van der Waals surface area (Å²) in [4.78, 5) is 13.9. The van der Waals surface area contributed by atoms with E-state index in [1.54, 1.807) is 11.8 Å². The van der Waals surface area contributed by atoms with Crippen molar-refractivity contribution in [3.8, 4) is 5.75 Å². The molecule has 0 aliphatic carbocycles. The summed E-state index contributed by atoms with van der Waals surface area (Å²) in [5.41, 5.74) is 1.05. The summed E-state index contributed by atoms with van der Waals surface area (Å²) < 4.78 is 5.81. The molecule has 1 aromatic rings. The normalized spacial score (nSPS) is 11.7. The van der Waals surface area contributed by atoms with Crippen molar-refractivity contribution in [1.29, 1.82) is 0 Å². The van der Waals surface area contributed by atoms with Gasteiger partial charge in [-0.25, -0.2) is 0 Å². The molecule has 0 saturated carbocycles. The molecule has 1 unspecified atom stereocenters. The first-order chi connectivity index (χ1) is 9.13. The molecule has 0 aliphatic rings. The average molecular weight is 261 g/mol. The lowest BCUT2D eigenvalue weighted by atomic mass is 10.1. The molecule has 0 fully saturated rings. The lowest BCUT2D eigenvalue weighted by Gasteiger charge is -2.24. The summed E-state index contributed by atoms with van der Waals surface area (Å²) in [7, 11) is 0. The Hall–Kier alpha value is -1.77. The number of benzene rings is 1. The maximum absolute atomic E-state index is 12.2. The van der Waals surface area contributed by atoms with Crippen molar-refractivity contribution < 1.29 is 9.53 Å². The van der Waals surface area contributed by atoms with E-state index in [1.165, 1.54) is 0 Å². The van der Waals surface area contributed by atoms with E-state index in [0.29, 0.717) is 13.1 Å². The van der Waals surface area contributed by atoms with Gasteiger partial charge in [-0.1, -0.05) is 24.3 Å². The molecule has 3 nitrogen and oxygen atoms in total. The van der Waals surface area contributed by atoms with E-state index in [-0.39, 0.29) is 5.91 Å². The lowest BCUT2D eigenvalue weighted by Crippen LogP contribution is -2.40. The number of carbonyl (C=O) groups is 1. The van der Waals surface area contributed by atoms with E-state index in [0.717, 1.165) is 17.7 Å². The molecule has 19 heavy (non-hydrogen) atoms. The second kappa shape index (κ2) is 7.62. The summed E-state index contributed by atoms with van der Waals surface area (Å²) in [5.74, 6) is 0.786. The number of rotatable bonds is 7. The molecule has 0 saturated heterocycles. The molecule has 1 amide bonds. The number of hydrogen-bond acceptors (Lipinski definition) is 2. The monoisotopic (exact) mass is 261 g/mol. The van der Waals surface area contributed by atoms with Crippen molar-refractivity contribution in [2.45, 2.75) is 33.3 Å². The maximum Gasteiger partial charge on any atom is 0.263 e. The Morgan fingerprint density at radius 3 is 2.58 bits per heavy atom. The topological polar surface area (TPSA) is 29.5 Å². The predicted molar refractivity (Wildman–Crippen MR) is 78.4 cm³/mol. The first-order valence-corrected chi connectivity index (χ1v) is 6.78. The molecule has 0 radical (unpaired) electrons. The van der Waals surface area contributed by atoms with Crippen molar-refractivity contribution in [2.75, 3.05) is 13.1 Å². The maximum atomic E-state index is 12.2. The Morgan fingerprint density at radius 2 is 2.00 bits per heavy atom. The average Bonchev–Trinajstić information content (AvgIpc) is 2.42. The van der Waals surface area contributed by atoms with E-state index in [9.17, 15) is 4.79 Å². The zero-order chi connectivity index (χ0) is 14.3. The minimum Gasteiger partial charge on any atom is -0.481 e. The molecular formula is C16H23NO2. The van der Waals surface area contributed by atoms with Crippen molar-refractivity contribution in [3.05, 3.63) is 42.5 Å². The SMILES string of the molecule is C=CCc1ccccc1OC(C)C(=O)N(CC)CC. The Labute approximate surface area is 115 Å². The van der Waals surface area contributed by atoms with Crippen LogP contribution >= 0.6 is 0 Å². The van der Waals surface area contributed by atoms with Gasteiger partial charge in [-0.3, -0.25) is 4.79 Å². The van der Waals surface area contributed by atoms with Crippen molar-refractivity contribution in [3.63, 3.8) is 0 Å². The lowest BCUT2D eigenvalue weighted by molar-refractivity contribution is -0.137. The number of ether oxygens (including phenoxy) is 1. The van der Waals surface area contributed by atoms with E-state index < -0.39 is 6.10 Å². The Balaban J connectivity index is 2.78. The van der Waals surface area contributed by atoms with Gasteiger partial charge in [0.15, 0.2) is 6.10 Å². The van der Waals surface area contributed by atoms with Crippen LogP contribution in [0.2, 0.25) is 0 Å². The van der Waals surface area contributed by atoms with Crippen LogP contribution in [0.3, 0.4) is 0 Å². The van der Waals surface area contributed by atoms with Crippen LogP contribution in [0.5, 0.6) is 5.75 Å². The number of amides is 1. The third-order valence-electron chi connectivity index (χ3n) is 3.06. The fraction of sp³-hybridized carbons (Fsp3) is 0.438. The highest BCUT2D eigenvalue weighted by Gasteiger charge is 2.20. The van der Waals surface area contributed by atoms with Gasteiger partial charge >= 0.3 is 0 Å².